The van der Waals surface area contributed by atoms with Crippen LogP contribution in [0.4, 0.5) is 0 Å². The number of aliphatic hydroxyl groups excluding tert-OH is 3. The normalized spacial score (nSPS) is 13.9. The van der Waals surface area contributed by atoms with Crippen LogP contribution in [0.5, 0.6) is 0 Å². The highest BCUT2D eigenvalue weighted by Gasteiger charge is 2.26. The molecule has 0 saturated heterocycles. The third kappa shape index (κ3) is 31.4. The van der Waals surface area contributed by atoms with Gasteiger partial charge in [-0.15, -0.1) is 0 Å². The zero-order valence-electron chi connectivity index (χ0n) is 30.7. The number of carbonyl (C=O) groups excluding carboxylic acids is 1. The summed E-state index contributed by atoms with van der Waals surface area (Å²) in [5, 5.41) is 33.4. The number of rotatable bonds is 36. The summed E-state index contributed by atoms with van der Waals surface area (Å²) in [6, 6.07) is -0.830. The average Bonchev–Trinajstić information content (AvgIpc) is 3.06. The Balaban J connectivity index is 3.71. The monoisotopic (exact) mass is 650 g/mol. The van der Waals surface area contributed by atoms with Crippen LogP contribution in [-0.2, 0) is 4.79 Å². The van der Waals surface area contributed by atoms with E-state index >= 15 is 0 Å². The number of nitrogens with one attached hydrogen (secondary N) is 1. The first-order valence-electron chi connectivity index (χ1n) is 20.1. The lowest BCUT2D eigenvalue weighted by atomic mass is 10.0. The van der Waals surface area contributed by atoms with E-state index in [1.54, 1.807) is 0 Å². The SMILES string of the molecule is CCCCCCCC/C=C\CCCCCC(=O)NC(CO)C(O)C(O)CCC/C=C/CCCCCCCCCCCCCCCC. The molecule has 0 radical (unpaired) electrons. The number of hydrogen-bond acceptors (Lipinski definition) is 4. The molecule has 0 aromatic rings. The minimum absolute atomic E-state index is 0.171. The lowest BCUT2D eigenvalue weighted by Crippen LogP contribution is -2.50. The van der Waals surface area contributed by atoms with Crippen LogP contribution >= 0.6 is 0 Å². The molecule has 0 fully saturated rings. The fourth-order valence-electron chi connectivity index (χ4n) is 6.10. The highest BCUT2D eigenvalue weighted by molar-refractivity contribution is 5.76. The Morgan fingerprint density at radius 2 is 0.870 bits per heavy atom. The van der Waals surface area contributed by atoms with Crippen molar-refractivity contribution in [1.29, 1.82) is 0 Å². The molecule has 3 atom stereocenters. The molecule has 46 heavy (non-hydrogen) atoms. The molecule has 3 unspecified atom stereocenters. The second-order valence-electron chi connectivity index (χ2n) is 13.8. The van der Waals surface area contributed by atoms with Crippen molar-refractivity contribution >= 4 is 5.91 Å². The lowest BCUT2D eigenvalue weighted by molar-refractivity contribution is -0.124. The molecule has 0 aliphatic rings. The number of hydrogen-bond donors (Lipinski definition) is 4. The van der Waals surface area contributed by atoms with Gasteiger partial charge in [-0.2, -0.15) is 0 Å². The summed E-state index contributed by atoms with van der Waals surface area (Å²) in [4.78, 5) is 12.3. The van der Waals surface area contributed by atoms with Crippen LogP contribution in [0.3, 0.4) is 0 Å². The van der Waals surface area contributed by atoms with Gasteiger partial charge in [0, 0.05) is 6.42 Å². The van der Waals surface area contributed by atoms with Gasteiger partial charge in [0.05, 0.1) is 18.8 Å². The van der Waals surface area contributed by atoms with Crippen molar-refractivity contribution in [2.75, 3.05) is 6.61 Å². The fraction of sp³-hybridized carbons (Fsp3) is 0.878. The van der Waals surface area contributed by atoms with Crippen LogP contribution < -0.4 is 5.32 Å². The first kappa shape index (κ1) is 44.8. The van der Waals surface area contributed by atoms with E-state index in [1.165, 1.54) is 135 Å². The van der Waals surface area contributed by atoms with Crippen molar-refractivity contribution in [3.05, 3.63) is 24.3 Å². The zero-order valence-corrected chi connectivity index (χ0v) is 30.7. The second kappa shape index (κ2) is 36.7. The Hall–Kier alpha value is -1.17. The molecule has 0 heterocycles. The summed E-state index contributed by atoms with van der Waals surface area (Å²) in [5.41, 5.74) is 0. The summed E-state index contributed by atoms with van der Waals surface area (Å²) in [6.45, 7) is 4.15. The number of aliphatic hydroxyl groups is 3. The Morgan fingerprint density at radius 1 is 0.522 bits per heavy atom. The summed E-state index contributed by atoms with van der Waals surface area (Å²) < 4.78 is 0. The van der Waals surface area contributed by atoms with Gasteiger partial charge >= 0.3 is 0 Å². The molecule has 0 bridgehead atoms. The molecule has 1 amide bonds. The van der Waals surface area contributed by atoms with Crippen LogP contribution in [-0.4, -0.2) is 46.1 Å². The van der Waals surface area contributed by atoms with Gasteiger partial charge in [-0.3, -0.25) is 4.79 Å². The van der Waals surface area contributed by atoms with E-state index in [2.05, 4.69) is 43.5 Å². The molecule has 0 rings (SSSR count). The Labute approximate surface area is 286 Å². The maximum Gasteiger partial charge on any atom is 0.220 e. The van der Waals surface area contributed by atoms with Gasteiger partial charge in [-0.1, -0.05) is 160 Å². The molecule has 0 aromatic carbocycles. The van der Waals surface area contributed by atoms with E-state index in [1.807, 2.05) is 0 Å². The third-order valence-electron chi connectivity index (χ3n) is 9.28. The molecule has 0 aliphatic carbocycles. The van der Waals surface area contributed by atoms with Crippen molar-refractivity contribution in [2.45, 2.75) is 225 Å². The van der Waals surface area contributed by atoms with Crippen LogP contribution in [0.1, 0.15) is 206 Å². The number of carbonyl (C=O) groups is 1. The van der Waals surface area contributed by atoms with E-state index < -0.39 is 18.2 Å². The van der Waals surface area contributed by atoms with Crippen LogP contribution in [0.25, 0.3) is 0 Å². The molecule has 0 aromatic heterocycles. The van der Waals surface area contributed by atoms with Gasteiger partial charge in [0.1, 0.15) is 6.10 Å². The largest absolute Gasteiger partial charge is 0.394 e. The van der Waals surface area contributed by atoms with Gasteiger partial charge < -0.3 is 20.6 Å². The smallest absolute Gasteiger partial charge is 0.220 e. The second-order valence-corrected chi connectivity index (χ2v) is 13.8. The Bertz CT molecular complexity index is 679. The van der Waals surface area contributed by atoms with Crippen molar-refractivity contribution in [3.8, 4) is 0 Å². The maximum absolute atomic E-state index is 12.3. The molecule has 0 spiro atoms. The molecule has 5 nitrogen and oxygen atoms in total. The minimum atomic E-state index is -1.16. The van der Waals surface area contributed by atoms with E-state index in [0.717, 1.165) is 44.9 Å². The molecule has 0 saturated carbocycles. The summed E-state index contributed by atoms with van der Waals surface area (Å²) in [6.07, 6.45) is 42.8. The molecule has 5 heteroatoms. The predicted octanol–water partition coefficient (Wildman–Crippen LogP) is 11.0. The number of amides is 1. The topological polar surface area (TPSA) is 89.8 Å². The van der Waals surface area contributed by atoms with Crippen LogP contribution in [0.2, 0.25) is 0 Å². The quantitative estimate of drug-likeness (QED) is 0.0401. The fourth-order valence-corrected chi connectivity index (χ4v) is 6.10. The molecular formula is C41H79NO4. The number of allylic oxidation sites excluding steroid dienone is 4. The first-order chi connectivity index (χ1) is 22.6. The zero-order chi connectivity index (χ0) is 33.8. The van der Waals surface area contributed by atoms with Crippen molar-refractivity contribution in [2.24, 2.45) is 0 Å². The van der Waals surface area contributed by atoms with Gasteiger partial charge in [0.25, 0.3) is 0 Å². The summed E-state index contributed by atoms with van der Waals surface area (Å²) in [7, 11) is 0. The standard InChI is InChI=1S/C41H79NO4/c1-3-5-7-9-11-13-15-17-18-19-20-21-22-24-25-27-29-31-33-35-39(44)41(46)38(37-43)42-40(45)36-34-32-30-28-26-23-16-14-12-10-8-6-4-2/h23,26-27,29,38-39,41,43-44,46H,3-22,24-25,28,30-37H2,1-2H3,(H,42,45)/b26-23-,29-27+. The highest BCUT2D eigenvalue weighted by Crippen LogP contribution is 2.15. The minimum Gasteiger partial charge on any atom is -0.394 e. The summed E-state index contributed by atoms with van der Waals surface area (Å²) >= 11 is 0. The lowest BCUT2D eigenvalue weighted by Gasteiger charge is -2.26. The third-order valence-corrected chi connectivity index (χ3v) is 9.28. The highest BCUT2D eigenvalue weighted by atomic mass is 16.3. The van der Waals surface area contributed by atoms with Crippen LogP contribution in [0.15, 0.2) is 24.3 Å². The van der Waals surface area contributed by atoms with E-state index in [9.17, 15) is 20.1 Å². The first-order valence-corrected chi connectivity index (χ1v) is 20.1. The Morgan fingerprint density at radius 3 is 1.26 bits per heavy atom. The predicted molar refractivity (Wildman–Crippen MR) is 199 cm³/mol. The molecule has 0 aliphatic heterocycles. The van der Waals surface area contributed by atoms with E-state index in [0.29, 0.717) is 12.8 Å². The number of unbranched alkanes of at least 4 members (excludes halogenated alkanes) is 24. The molecular weight excluding hydrogens is 570 g/mol. The van der Waals surface area contributed by atoms with Crippen molar-refractivity contribution in [3.63, 3.8) is 0 Å². The summed E-state index contributed by atoms with van der Waals surface area (Å²) in [5.74, 6) is -0.171. The Kier molecular flexibility index (Phi) is 35.7. The van der Waals surface area contributed by atoms with Gasteiger partial charge in [0.2, 0.25) is 5.91 Å². The van der Waals surface area contributed by atoms with Gasteiger partial charge in [-0.25, -0.2) is 0 Å². The maximum atomic E-state index is 12.3. The van der Waals surface area contributed by atoms with Gasteiger partial charge in [-0.05, 0) is 64.2 Å². The van der Waals surface area contributed by atoms with E-state index in [4.69, 9.17) is 0 Å². The molecule has 4 N–H and O–H groups in total. The average molecular weight is 650 g/mol. The van der Waals surface area contributed by atoms with Crippen molar-refractivity contribution in [1.82, 2.24) is 5.32 Å². The van der Waals surface area contributed by atoms with Crippen LogP contribution in [0, 0.1) is 0 Å². The molecule has 272 valence electrons. The van der Waals surface area contributed by atoms with Crippen molar-refractivity contribution < 1.29 is 20.1 Å². The van der Waals surface area contributed by atoms with Gasteiger partial charge in [0.15, 0.2) is 0 Å². The van der Waals surface area contributed by atoms with E-state index in [-0.39, 0.29) is 12.5 Å².